The molecule has 1 amide bonds. The lowest BCUT2D eigenvalue weighted by Gasteiger charge is -2.05. The van der Waals surface area contributed by atoms with Crippen LogP contribution in [0.5, 0.6) is 0 Å². The Morgan fingerprint density at radius 1 is 1.47 bits per heavy atom. The summed E-state index contributed by atoms with van der Waals surface area (Å²) in [4.78, 5) is 11.3. The van der Waals surface area contributed by atoms with Gasteiger partial charge in [-0.05, 0) is 25.0 Å². The summed E-state index contributed by atoms with van der Waals surface area (Å²) in [5.74, 6) is 0.121. The average molecular weight is 280 g/mol. The Kier molecular flexibility index (Phi) is 4.80. The Morgan fingerprint density at radius 2 is 2.32 bits per heavy atom. The Labute approximate surface area is 117 Å². The van der Waals surface area contributed by atoms with Crippen LogP contribution in [-0.2, 0) is 11.3 Å². The fourth-order valence-corrected chi connectivity index (χ4v) is 2.24. The van der Waals surface area contributed by atoms with Crippen molar-refractivity contribution in [2.75, 3.05) is 6.54 Å². The van der Waals surface area contributed by atoms with Crippen molar-refractivity contribution in [3.8, 4) is 0 Å². The quantitative estimate of drug-likeness (QED) is 0.826. The number of hydrogen-bond acceptors (Lipinski definition) is 2. The largest absolute Gasteiger partial charge is 0.356 e. The molecule has 2 rings (SSSR count). The average Bonchev–Trinajstić information content (AvgIpc) is 2.80. The van der Waals surface area contributed by atoms with Crippen LogP contribution in [-0.4, -0.2) is 22.2 Å². The lowest BCUT2D eigenvalue weighted by molar-refractivity contribution is -0.121. The minimum atomic E-state index is 0.121. The maximum absolute atomic E-state index is 11.3. The summed E-state index contributed by atoms with van der Waals surface area (Å²) in [5, 5.41) is 8.92. The van der Waals surface area contributed by atoms with Gasteiger partial charge in [-0.25, -0.2) is 0 Å². The number of fused-ring (bicyclic) bond motifs is 1. The second-order valence-electron chi connectivity index (χ2n) is 4.49. The van der Waals surface area contributed by atoms with Crippen molar-refractivity contribution in [1.29, 1.82) is 0 Å². The summed E-state index contributed by atoms with van der Waals surface area (Å²) in [7, 11) is 0. The van der Waals surface area contributed by atoms with Crippen LogP contribution in [0.3, 0.4) is 0 Å². The van der Waals surface area contributed by atoms with Crippen molar-refractivity contribution in [1.82, 2.24) is 15.1 Å². The third-order valence-electron chi connectivity index (χ3n) is 2.98. The number of benzene rings is 1. The monoisotopic (exact) mass is 279 g/mol. The standard InChI is InChI=1S/C14H18ClN3O/c1-2-5-14(19)16-8-4-9-18-13-7-3-6-12(15)11(13)10-17-18/h3,6-7,10H,2,4-5,8-9H2,1H3,(H,16,19). The number of aromatic nitrogens is 2. The van der Waals surface area contributed by atoms with Crippen molar-refractivity contribution in [3.63, 3.8) is 0 Å². The molecule has 0 aliphatic rings. The Balaban J connectivity index is 1.89. The lowest BCUT2D eigenvalue weighted by atomic mass is 10.2. The van der Waals surface area contributed by atoms with Gasteiger partial charge in [0, 0.05) is 24.9 Å². The minimum Gasteiger partial charge on any atom is -0.356 e. The molecule has 1 heterocycles. The molecule has 0 saturated heterocycles. The molecule has 0 aliphatic heterocycles. The molecule has 0 saturated carbocycles. The molecule has 1 N–H and O–H groups in total. The highest BCUT2D eigenvalue weighted by Crippen LogP contribution is 2.22. The summed E-state index contributed by atoms with van der Waals surface area (Å²) in [5.41, 5.74) is 1.03. The van der Waals surface area contributed by atoms with Crippen molar-refractivity contribution < 1.29 is 4.79 Å². The summed E-state index contributed by atoms with van der Waals surface area (Å²) >= 11 is 6.10. The van der Waals surface area contributed by atoms with E-state index in [-0.39, 0.29) is 5.91 Å². The van der Waals surface area contributed by atoms with Crippen LogP contribution in [0.4, 0.5) is 0 Å². The van der Waals surface area contributed by atoms with E-state index in [9.17, 15) is 4.79 Å². The van der Waals surface area contributed by atoms with Gasteiger partial charge < -0.3 is 5.32 Å². The van der Waals surface area contributed by atoms with E-state index in [0.717, 1.165) is 35.3 Å². The van der Waals surface area contributed by atoms with E-state index in [2.05, 4.69) is 10.4 Å². The normalized spacial score (nSPS) is 10.8. The molecule has 0 bridgehead atoms. The molecule has 0 spiro atoms. The van der Waals surface area contributed by atoms with Gasteiger partial charge in [-0.15, -0.1) is 0 Å². The predicted molar refractivity (Wildman–Crippen MR) is 77.3 cm³/mol. The molecule has 0 aliphatic carbocycles. The highest BCUT2D eigenvalue weighted by Gasteiger charge is 2.05. The number of amides is 1. The number of halogens is 1. The number of nitrogens with one attached hydrogen (secondary N) is 1. The molecule has 4 nitrogen and oxygen atoms in total. The van der Waals surface area contributed by atoms with Gasteiger partial charge in [0.15, 0.2) is 0 Å². The van der Waals surface area contributed by atoms with E-state index in [4.69, 9.17) is 11.6 Å². The van der Waals surface area contributed by atoms with Crippen LogP contribution < -0.4 is 5.32 Å². The van der Waals surface area contributed by atoms with Crippen LogP contribution in [0.1, 0.15) is 26.2 Å². The number of rotatable bonds is 6. The third kappa shape index (κ3) is 3.47. The molecule has 2 aromatic rings. The van der Waals surface area contributed by atoms with Crippen LogP contribution in [0, 0.1) is 0 Å². The van der Waals surface area contributed by atoms with Crippen LogP contribution in [0.25, 0.3) is 10.9 Å². The SMILES string of the molecule is CCCC(=O)NCCCn1ncc2c(Cl)cccc21. The highest BCUT2D eigenvalue weighted by atomic mass is 35.5. The molecule has 1 aromatic heterocycles. The molecule has 0 fully saturated rings. The number of hydrogen-bond donors (Lipinski definition) is 1. The Hall–Kier alpha value is -1.55. The van der Waals surface area contributed by atoms with Gasteiger partial charge in [-0.2, -0.15) is 5.10 Å². The summed E-state index contributed by atoms with van der Waals surface area (Å²) in [6.45, 7) is 3.45. The predicted octanol–water partition coefficient (Wildman–Crippen LogP) is 3.00. The van der Waals surface area contributed by atoms with E-state index in [1.807, 2.05) is 29.8 Å². The fraction of sp³-hybridized carbons (Fsp3) is 0.429. The molecule has 5 heteroatoms. The second-order valence-corrected chi connectivity index (χ2v) is 4.90. The maximum atomic E-state index is 11.3. The zero-order chi connectivity index (χ0) is 13.7. The second kappa shape index (κ2) is 6.57. The number of nitrogens with zero attached hydrogens (tertiary/aromatic N) is 2. The Morgan fingerprint density at radius 3 is 3.11 bits per heavy atom. The Bertz CT molecular complexity index is 565. The smallest absolute Gasteiger partial charge is 0.219 e. The molecule has 0 unspecified atom stereocenters. The first-order chi connectivity index (χ1) is 9.22. The van der Waals surface area contributed by atoms with Crippen molar-refractivity contribution in [3.05, 3.63) is 29.4 Å². The number of aryl methyl sites for hydroxylation is 1. The van der Waals surface area contributed by atoms with E-state index < -0.39 is 0 Å². The van der Waals surface area contributed by atoms with Gasteiger partial charge >= 0.3 is 0 Å². The third-order valence-corrected chi connectivity index (χ3v) is 3.31. The minimum absolute atomic E-state index is 0.121. The lowest BCUT2D eigenvalue weighted by Crippen LogP contribution is -2.24. The molecule has 1 aromatic carbocycles. The van der Waals surface area contributed by atoms with Gasteiger partial charge in [-0.1, -0.05) is 24.6 Å². The van der Waals surface area contributed by atoms with Crippen molar-refractivity contribution >= 4 is 28.4 Å². The molecule has 102 valence electrons. The highest BCUT2D eigenvalue weighted by molar-refractivity contribution is 6.35. The van der Waals surface area contributed by atoms with E-state index in [1.54, 1.807) is 6.20 Å². The van der Waals surface area contributed by atoms with Crippen LogP contribution in [0.15, 0.2) is 24.4 Å². The summed E-state index contributed by atoms with van der Waals surface area (Å²) in [6.07, 6.45) is 4.13. The van der Waals surface area contributed by atoms with Gasteiger partial charge in [0.2, 0.25) is 5.91 Å². The van der Waals surface area contributed by atoms with Crippen LogP contribution in [0.2, 0.25) is 5.02 Å². The zero-order valence-electron chi connectivity index (χ0n) is 11.0. The first-order valence-electron chi connectivity index (χ1n) is 6.59. The van der Waals surface area contributed by atoms with Gasteiger partial charge in [-0.3, -0.25) is 9.48 Å². The van der Waals surface area contributed by atoms with Gasteiger partial charge in [0.1, 0.15) is 0 Å². The molecule has 19 heavy (non-hydrogen) atoms. The topological polar surface area (TPSA) is 46.9 Å². The molecular weight excluding hydrogens is 262 g/mol. The van der Waals surface area contributed by atoms with E-state index in [1.165, 1.54) is 0 Å². The van der Waals surface area contributed by atoms with Gasteiger partial charge in [0.05, 0.1) is 16.7 Å². The fourth-order valence-electron chi connectivity index (χ4n) is 2.02. The molecule has 0 radical (unpaired) electrons. The van der Waals surface area contributed by atoms with Crippen LogP contribution >= 0.6 is 11.6 Å². The first kappa shape index (κ1) is 13.9. The first-order valence-corrected chi connectivity index (χ1v) is 6.97. The number of carbonyl (C=O) groups excluding carboxylic acids is 1. The molecular formula is C14H18ClN3O. The number of carbonyl (C=O) groups is 1. The summed E-state index contributed by atoms with van der Waals surface area (Å²) < 4.78 is 1.92. The van der Waals surface area contributed by atoms with Gasteiger partial charge in [0.25, 0.3) is 0 Å². The maximum Gasteiger partial charge on any atom is 0.219 e. The summed E-state index contributed by atoms with van der Waals surface area (Å²) in [6, 6.07) is 5.79. The molecule has 0 atom stereocenters. The van der Waals surface area contributed by atoms with E-state index in [0.29, 0.717) is 13.0 Å². The van der Waals surface area contributed by atoms with Crippen molar-refractivity contribution in [2.24, 2.45) is 0 Å². The zero-order valence-corrected chi connectivity index (χ0v) is 11.8. The van der Waals surface area contributed by atoms with Crippen molar-refractivity contribution in [2.45, 2.75) is 32.7 Å². The van der Waals surface area contributed by atoms with E-state index >= 15 is 0 Å².